The molecule has 0 saturated carbocycles. The molecule has 0 aromatic carbocycles. The molecule has 0 heterocycles. The fourth-order valence-electron chi connectivity index (χ4n) is 2.50. The van der Waals surface area contributed by atoms with E-state index in [2.05, 4.69) is 20.4 Å². The fraction of sp³-hybridized carbons (Fsp3) is 1.00. The second-order valence-electron chi connectivity index (χ2n) is 5.78. The highest BCUT2D eigenvalue weighted by molar-refractivity contribution is 4.65. The zero-order valence-corrected chi connectivity index (χ0v) is 15.0. The van der Waals surface area contributed by atoms with Crippen LogP contribution < -0.4 is 10.6 Å². The van der Waals surface area contributed by atoms with E-state index in [0.717, 1.165) is 52.1 Å². The molecular weight excluding hydrogens is 312 g/mol. The van der Waals surface area contributed by atoms with Gasteiger partial charge in [0.25, 0.3) is 0 Å². The molecule has 0 saturated heterocycles. The Hall–Kier alpha value is -0.320. The summed E-state index contributed by atoms with van der Waals surface area (Å²) >= 11 is 0. The van der Waals surface area contributed by atoms with Crippen molar-refractivity contribution in [3.05, 3.63) is 0 Å². The van der Waals surface area contributed by atoms with Crippen LogP contribution in [-0.2, 0) is 0 Å². The Morgan fingerprint density at radius 2 is 0.875 bits per heavy atom. The van der Waals surface area contributed by atoms with Gasteiger partial charge in [-0.3, -0.25) is 9.80 Å². The Balaban J connectivity index is 3.95. The molecule has 8 heteroatoms. The highest BCUT2D eigenvalue weighted by Crippen LogP contribution is 1.96. The van der Waals surface area contributed by atoms with Crippen LogP contribution in [0.1, 0.15) is 12.8 Å². The molecule has 0 fully saturated rings. The zero-order valence-electron chi connectivity index (χ0n) is 15.0. The molecule has 0 amide bonds. The minimum atomic E-state index is 0.148. The van der Waals surface area contributed by atoms with Crippen molar-refractivity contribution >= 4 is 0 Å². The highest BCUT2D eigenvalue weighted by atomic mass is 16.3. The first-order valence-electron chi connectivity index (χ1n) is 9.08. The van der Waals surface area contributed by atoms with E-state index in [9.17, 15) is 10.2 Å². The maximum absolute atomic E-state index is 9.20. The first kappa shape index (κ1) is 23.7. The molecule has 0 aromatic rings. The first-order chi connectivity index (χ1) is 11.8. The van der Waals surface area contributed by atoms with Crippen molar-refractivity contribution in [2.24, 2.45) is 0 Å². The SMILES string of the molecule is OCCNCCCN(CCO)CCN(CCO)CCCNCCO. The van der Waals surface area contributed by atoms with Crippen LogP contribution in [0, 0.1) is 0 Å². The Morgan fingerprint density at radius 1 is 0.458 bits per heavy atom. The monoisotopic (exact) mass is 350 g/mol. The summed E-state index contributed by atoms with van der Waals surface area (Å²) < 4.78 is 0. The average Bonchev–Trinajstić information content (AvgIpc) is 2.58. The Kier molecular flexibility index (Phi) is 18.8. The summed E-state index contributed by atoms with van der Waals surface area (Å²) in [5, 5.41) is 42.2. The van der Waals surface area contributed by atoms with Crippen molar-refractivity contribution < 1.29 is 20.4 Å². The Morgan fingerprint density at radius 3 is 1.21 bits per heavy atom. The molecule has 6 N–H and O–H groups in total. The highest BCUT2D eigenvalue weighted by Gasteiger charge is 2.08. The van der Waals surface area contributed by atoms with Crippen LogP contribution in [0.4, 0.5) is 0 Å². The second-order valence-corrected chi connectivity index (χ2v) is 5.78. The summed E-state index contributed by atoms with van der Waals surface area (Å²) in [5.41, 5.74) is 0. The molecule has 0 aliphatic carbocycles. The van der Waals surface area contributed by atoms with Crippen molar-refractivity contribution in [3.63, 3.8) is 0 Å². The Bertz CT molecular complexity index is 226. The quantitative estimate of drug-likeness (QED) is 0.142. The van der Waals surface area contributed by atoms with Crippen LogP contribution in [0.3, 0.4) is 0 Å². The fourth-order valence-corrected chi connectivity index (χ4v) is 2.50. The van der Waals surface area contributed by atoms with E-state index in [1.165, 1.54) is 0 Å². The van der Waals surface area contributed by atoms with Gasteiger partial charge in [0, 0.05) is 39.3 Å². The molecule has 0 spiro atoms. The number of aliphatic hydroxyl groups is 4. The van der Waals surface area contributed by atoms with Gasteiger partial charge in [0.15, 0.2) is 0 Å². The molecule has 8 nitrogen and oxygen atoms in total. The molecule has 146 valence electrons. The minimum absolute atomic E-state index is 0.148. The topological polar surface area (TPSA) is 111 Å². The summed E-state index contributed by atoms with van der Waals surface area (Å²) in [5.74, 6) is 0. The van der Waals surface area contributed by atoms with Crippen LogP contribution in [-0.4, -0.2) is 122 Å². The summed E-state index contributed by atoms with van der Waals surface area (Å²) in [6.45, 7) is 8.43. The third-order valence-corrected chi connectivity index (χ3v) is 3.80. The summed E-state index contributed by atoms with van der Waals surface area (Å²) in [7, 11) is 0. The van der Waals surface area contributed by atoms with E-state index >= 15 is 0 Å². The lowest BCUT2D eigenvalue weighted by Gasteiger charge is -2.27. The molecule has 0 atom stereocenters. The molecular formula is C16H38N4O4. The predicted molar refractivity (Wildman–Crippen MR) is 96.2 cm³/mol. The molecule has 0 aromatic heterocycles. The minimum Gasteiger partial charge on any atom is -0.395 e. The number of aliphatic hydroxyl groups excluding tert-OH is 4. The largest absolute Gasteiger partial charge is 0.395 e. The molecule has 0 bridgehead atoms. The van der Waals surface area contributed by atoms with Gasteiger partial charge in [0.2, 0.25) is 0 Å². The average molecular weight is 351 g/mol. The van der Waals surface area contributed by atoms with E-state index in [-0.39, 0.29) is 26.4 Å². The van der Waals surface area contributed by atoms with Gasteiger partial charge in [-0.2, -0.15) is 0 Å². The van der Waals surface area contributed by atoms with Gasteiger partial charge in [-0.25, -0.2) is 0 Å². The molecule has 0 rings (SSSR count). The smallest absolute Gasteiger partial charge is 0.0558 e. The van der Waals surface area contributed by atoms with Gasteiger partial charge in [0.05, 0.1) is 26.4 Å². The third kappa shape index (κ3) is 15.2. The second kappa shape index (κ2) is 19.0. The number of hydrogen-bond acceptors (Lipinski definition) is 8. The van der Waals surface area contributed by atoms with Gasteiger partial charge in [-0.05, 0) is 39.0 Å². The van der Waals surface area contributed by atoms with Gasteiger partial charge in [0.1, 0.15) is 0 Å². The summed E-state index contributed by atoms with van der Waals surface area (Å²) in [6.07, 6.45) is 1.95. The lowest BCUT2D eigenvalue weighted by molar-refractivity contribution is 0.149. The number of hydrogen-bond donors (Lipinski definition) is 6. The molecule has 0 unspecified atom stereocenters. The lowest BCUT2D eigenvalue weighted by Crippen LogP contribution is -2.39. The van der Waals surface area contributed by atoms with E-state index in [1.807, 2.05) is 0 Å². The van der Waals surface area contributed by atoms with Crippen molar-refractivity contribution in [1.29, 1.82) is 0 Å². The van der Waals surface area contributed by atoms with Crippen LogP contribution >= 0.6 is 0 Å². The van der Waals surface area contributed by atoms with E-state index in [4.69, 9.17) is 10.2 Å². The van der Waals surface area contributed by atoms with Crippen molar-refractivity contribution in [2.45, 2.75) is 12.8 Å². The number of nitrogens with one attached hydrogen (secondary N) is 2. The summed E-state index contributed by atoms with van der Waals surface area (Å²) in [4.78, 5) is 4.46. The van der Waals surface area contributed by atoms with Crippen molar-refractivity contribution in [3.8, 4) is 0 Å². The van der Waals surface area contributed by atoms with Crippen LogP contribution in [0.25, 0.3) is 0 Å². The van der Waals surface area contributed by atoms with Crippen molar-refractivity contribution in [2.75, 3.05) is 91.9 Å². The van der Waals surface area contributed by atoms with E-state index in [0.29, 0.717) is 26.2 Å². The van der Waals surface area contributed by atoms with Gasteiger partial charge in [-0.1, -0.05) is 0 Å². The normalized spacial score (nSPS) is 11.8. The van der Waals surface area contributed by atoms with Gasteiger partial charge < -0.3 is 31.1 Å². The van der Waals surface area contributed by atoms with E-state index < -0.39 is 0 Å². The maximum Gasteiger partial charge on any atom is 0.0558 e. The van der Waals surface area contributed by atoms with Crippen LogP contribution in [0.5, 0.6) is 0 Å². The molecule has 0 aliphatic rings. The van der Waals surface area contributed by atoms with Gasteiger partial charge >= 0.3 is 0 Å². The van der Waals surface area contributed by atoms with Crippen molar-refractivity contribution in [1.82, 2.24) is 20.4 Å². The lowest BCUT2D eigenvalue weighted by atomic mass is 10.3. The van der Waals surface area contributed by atoms with Crippen LogP contribution in [0.2, 0.25) is 0 Å². The van der Waals surface area contributed by atoms with Gasteiger partial charge in [-0.15, -0.1) is 0 Å². The zero-order chi connectivity index (χ0) is 17.9. The van der Waals surface area contributed by atoms with E-state index in [1.54, 1.807) is 0 Å². The number of nitrogens with zero attached hydrogens (tertiary/aromatic N) is 2. The predicted octanol–water partition coefficient (Wildman–Crippen LogP) is -2.48. The number of rotatable bonds is 19. The first-order valence-corrected chi connectivity index (χ1v) is 9.08. The molecule has 0 aliphatic heterocycles. The standard InChI is InChI=1S/C16H38N4O4/c21-13-5-17-3-1-7-19(11-15-23)9-10-20(12-16-24)8-2-4-18-6-14-22/h17-18,21-24H,1-16H2. The van der Waals surface area contributed by atoms with Crippen LogP contribution in [0.15, 0.2) is 0 Å². The maximum atomic E-state index is 9.20. The molecule has 24 heavy (non-hydrogen) atoms. The summed E-state index contributed by atoms with van der Waals surface area (Å²) in [6, 6.07) is 0. The Labute approximate surface area is 146 Å². The third-order valence-electron chi connectivity index (χ3n) is 3.80. The molecule has 0 radical (unpaired) electrons.